The zero-order valence-corrected chi connectivity index (χ0v) is 14.4. The van der Waals surface area contributed by atoms with Crippen LogP contribution >= 0.6 is 27.5 Å². The maximum Gasteiger partial charge on any atom is 0.125 e. The van der Waals surface area contributed by atoms with E-state index in [-0.39, 0.29) is 0 Å². The Morgan fingerprint density at radius 2 is 1.90 bits per heavy atom. The van der Waals surface area contributed by atoms with Gasteiger partial charge in [0, 0.05) is 21.6 Å². The van der Waals surface area contributed by atoms with E-state index in [1.54, 1.807) is 0 Å². The average Bonchev–Trinajstić information content (AvgIpc) is 2.49. The SMILES string of the molecule is CCCNCc1c(Cl)cccc1OCc1ccc(Br)cc1. The van der Waals surface area contributed by atoms with Gasteiger partial charge in [-0.2, -0.15) is 0 Å². The molecule has 0 aliphatic heterocycles. The van der Waals surface area contributed by atoms with Crippen molar-refractivity contribution >= 4 is 27.5 Å². The maximum atomic E-state index is 6.28. The minimum atomic E-state index is 0.536. The van der Waals surface area contributed by atoms with Crippen LogP contribution in [-0.4, -0.2) is 6.54 Å². The Labute approximate surface area is 139 Å². The molecule has 0 aliphatic carbocycles. The Kier molecular flexibility index (Phi) is 6.55. The average molecular weight is 369 g/mol. The Morgan fingerprint density at radius 1 is 1.14 bits per heavy atom. The molecule has 4 heteroatoms. The molecule has 0 aliphatic rings. The number of benzene rings is 2. The molecular formula is C17H19BrClNO. The summed E-state index contributed by atoms with van der Waals surface area (Å²) in [6.45, 7) is 4.37. The summed E-state index contributed by atoms with van der Waals surface area (Å²) in [5, 5.41) is 4.11. The van der Waals surface area contributed by atoms with Gasteiger partial charge in [0.2, 0.25) is 0 Å². The fraction of sp³-hybridized carbons (Fsp3) is 0.294. The summed E-state index contributed by atoms with van der Waals surface area (Å²) in [6.07, 6.45) is 1.10. The first-order chi connectivity index (χ1) is 10.2. The lowest BCUT2D eigenvalue weighted by Gasteiger charge is -2.13. The number of ether oxygens (including phenoxy) is 1. The summed E-state index contributed by atoms with van der Waals surface area (Å²) in [4.78, 5) is 0. The Hall–Kier alpha value is -1.03. The summed E-state index contributed by atoms with van der Waals surface area (Å²) >= 11 is 9.72. The molecule has 0 saturated heterocycles. The fourth-order valence-corrected chi connectivity index (χ4v) is 2.47. The Bertz CT molecular complexity index is 572. The number of hydrogen-bond acceptors (Lipinski definition) is 2. The van der Waals surface area contributed by atoms with Gasteiger partial charge in [0.25, 0.3) is 0 Å². The molecule has 0 radical (unpaired) electrons. The van der Waals surface area contributed by atoms with Crippen LogP contribution in [0.4, 0.5) is 0 Å². The third kappa shape index (κ3) is 5.03. The molecule has 2 nitrogen and oxygen atoms in total. The molecule has 0 unspecified atom stereocenters. The van der Waals surface area contributed by atoms with E-state index in [2.05, 4.69) is 28.2 Å². The van der Waals surface area contributed by atoms with Crippen LogP contribution in [0.1, 0.15) is 24.5 Å². The van der Waals surface area contributed by atoms with E-state index in [1.165, 1.54) is 0 Å². The van der Waals surface area contributed by atoms with Crippen molar-refractivity contribution in [3.05, 3.63) is 63.1 Å². The maximum absolute atomic E-state index is 6.28. The van der Waals surface area contributed by atoms with Crippen molar-refractivity contribution in [2.45, 2.75) is 26.5 Å². The monoisotopic (exact) mass is 367 g/mol. The highest BCUT2D eigenvalue weighted by Gasteiger charge is 2.08. The van der Waals surface area contributed by atoms with E-state index >= 15 is 0 Å². The van der Waals surface area contributed by atoms with Crippen LogP contribution in [0.2, 0.25) is 5.02 Å². The molecular weight excluding hydrogens is 350 g/mol. The molecule has 0 heterocycles. The zero-order chi connectivity index (χ0) is 15.1. The van der Waals surface area contributed by atoms with Crippen LogP contribution in [0.25, 0.3) is 0 Å². The third-order valence-electron chi connectivity index (χ3n) is 3.11. The summed E-state index contributed by atoms with van der Waals surface area (Å²) in [7, 11) is 0. The molecule has 0 bridgehead atoms. The van der Waals surface area contributed by atoms with Crippen molar-refractivity contribution in [3.8, 4) is 5.75 Å². The van der Waals surface area contributed by atoms with Gasteiger partial charge >= 0.3 is 0 Å². The quantitative estimate of drug-likeness (QED) is 0.680. The minimum absolute atomic E-state index is 0.536. The van der Waals surface area contributed by atoms with Gasteiger partial charge in [-0.05, 0) is 42.8 Å². The third-order valence-corrected chi connectivity index (χ3v) is 3.99. The molecule has 2 aromatic carbocycles. The number of rotatable bonds is 7. The van der Waals surface area contributed by atoms with Gasteiger partial charge in [0.05, 0.1) is 0 Å². The van der Waals surface area contributed by atoms with Gasteiger partial charge in [-0.25, -0.2) is 0 Å². The Morgan fingerprint density at radius 3 is 2.62 bits per heavy atom. The van der Waals surface area contributed by atoms with Crippen molar-refractivity contribution in [2.75, 3.05) is 6.54 Å². The van der Waals surface area contributed by atoms with Gasteiger partial charge < -0.3 is 10.1 Å². The standard InChI is InChI=1S/C17H19BrClNO/c1-2-10-20-11-15-16(19)4-3-5-17(15)21-12-13-6-8-14(18)9-7-13/h3-9,20H,2,10-12H2,1H3. The van der Waals surface area contributed by atoms with E-state index in [9.17, 15) is 0 Å². The lowest BCUT2D eigenvalue weighted by Crippen LogP contribution is -2.15. The lowest BCUT2D eigenvalue weighted by atomic mass is 10.2. The van der Waals surface area contributed by atoms with E-state index in [0.717, 1.165) is 45.9 Å². The molecule has 0 saturated carbocycles. The van der Waals surface area contributed by atoms with Crippen molar-refractivity contribution in [1.29, 1.82) is 0 Å². The molecule has 2 rings (SSSR count). The first kappa shape index (κ1) is 16.3. The van der Waals surface area contributed by atoms with E-state index < -0.39 is 0 Å². The molecule has 0 atom stereocenters. The molecule has 21 heavy (non-hydrogen) atoms. The van der Waals surface area contributed by atoms with Gasteiger partial charge in [-0.15, -0.1) is 0 Å². The molecule has 0 fully saturated rings. The highest BCUT2D eigenvalue weighted by Crippen LogP contribution is 2.27. The van der Waals surface area contributed by atoms with Gasteiger partial charge in [-0.3, -0.25) is 0 Å². The van der Waals surface area contributed by atoms with Crippen LogP contribution in [0.5, 0.6) is 5.75 Å². The Balaban J connectivity index is 2.04. The summed E-state index contributed by atoms with van der Waals surface area (Å²) < 4.78 is 7.00. The predicted molar refractivity (Wildman–Crippen MR) is 91.9 cm³/mol. The summed E-state index contributed by atoms with van der Waals surface area (Å²) in [5.41, 5.74) is 2.15. The molecule has 112 valence electrons. The van der Waals surface area contributed by atoms with Crippen molar-refractivity contribution in [2.24, 2.45) is 0 Å². The van der Waals surface area contributed by atoms with Crippen LogP contribution in [0.15, 0.2) is 46.9 Å². The van der Waals surface area contributed by atoms with E-state index in [1.807, 2.05) is 42.5 Å². The topological polar surface area (TPSA) is 21.3 Å². The largest absolute Gasteiger partial charge is 0.489 e. The van der Waals surface area contributed by atoms with Gasteiger partial charge in [-0.1, -0.05) is 52.7 Å². The first-order valence-electron chi connectivity index (χ1n) is 7.06. The number of nitrogens with one attached hydrogen (secondary N) is 1. The fourth-order valence-electron chi connectivity index (χ4n) is 1.98. The molecule has 2 aromatic rings. The van der Waals surface area contributed by atoms with Crippen LogP contribution < -0.4 is 10.1 Å². The molecule has 0 spiro atoms. The molecule has 0 amide bonds. The second-order valence-corrected chi connectivity index (χ2v) is 6.13. The van der Waals surface area contributed by atoms with E-state index in [4.69, 9.17) is 16.3 Å². The normalized spacial score (nSPS) is 10.6. The number of halogens is 2. The second kappa shape index (κ2) is 8.42. The number of hydrogen-bond donors (Lipinski definition) is 1. The lowest BCUT2D eigenvalue weighted by molar-refractivity contribution is 0.302. The smallest absolute Gasteiger partial charge is 0.125 e. The minimum Gasteiger partial charge on any atom is -0.489 e. The van der Waals surface area contributed by atoms with Crippen LogP contribution in [-0.2, 0) is 13.2 Å². The highest BCUT2D eigenvalue weighted by molar-refractivity contribution is 9.10. The summed E-state index contributed by atoms with van der Waals surface area (Å²) in [5.74, 6) is 0.842. The zero-order valence-electron chi connectivity index (χ0n) is 12.0. The molecule has 0 aromatic heterocycles. The van der Waals surface area contributed by atoms with Gasteiger partial charge in [0.1, 0.15) is 12.4 Å². The predicted octanol–water partition coefficient (Wildman–Crippen LogP) is 5.18. The molecule has 1 N–H and O–H groups in total. The van der Waals surface area contributed by atoms with Crippen molar-refractivity contribution in [3.63, 3.8) is 0 Å². The van der Waals surface area contributed by atoms with Crippen LogP contribution in [0.3, 0.4) is 0 Å². The first-order valence-corrected chi connectivity index (χ1v) is 8.23. The van der Waals surface area contributed by atoms with Gasteiger partial charge in [0.15, 0.2) is 0 Å². The van der Waals surface area contributed by atoms with E-state index in [0.29, 0.717) is 6.61 Å². The highest BCUT2D eigenvalue weighted by atomic mass is 79.9. The van der Waals surface area contributed by atoms with Crippen molar-refractivity contribution < 1.29 is 4.74 Å². The van der Waals surface area contributed by atoms with Crippen LogP contribution in [0, 0.1) is 0 Å². The van der Waals surface area contributed by atoms with Crippen molar-refractivity contribution in [1.82, 2.24) is 5.32 Å². The summed E-state index contributed by atoms with van der Waals surface area (Å²) in [6, 6.07) is 13.9. The second-order valence-electron chi connectivity index (χ2n) is 4.81.